The number of hydrogen-bond acceptors (Lipinski definition) is 2. The van der Waals surface area contributed by atoms with Crippen LogP contribution >= 0.6 is 0 Å². The van der Waals surface area contributed by atoms with Crippen molar-refractivity contribution in [3.05, 3.63) is 188 Å². The smallest absolute Gasteiger partial charge is 0.0894 e. The van der Waals surface area contributed by atoms with E-state index in [2.05, 4.69) is 167 Å². The summed E-state index contributed by atoms with van der Waals surface area (Å²) in [7, 11) is 0. The van der Waals surface area contributed by atoms with Gasteiger partial charge in [0.25, 0.3) is 0 Å². The highest BCUT2D eigenvalue weighted by Gasteiger charge is 2.18. The standard InChI is InChI=1S/C50H31N3/c1-2-12-39(13-3-1)53-47-16-7-4-9-38(47)29-48(53)35-23-19-33(20-24-35)43-30-42(40-27-25-36-10-8-11-37-26-28-41(43)50(40)49(36)37)32-17-21-34(22-18-32)46-31-51-44-14-5-6-15-45(44)52-46/h1-31H. The molecule has 11 aromatic rings. The molecule has 0 radical (unpaired) electrons. The molecule has 0 unspecified atom stereocenters. The van der Waals surface area contributed by atoms with Gasteiger partial charge >= 0.3 is 0 Å². The molecule has 11 rings (SSSR count). The van der Waals surface area contributed by atoms with E-state index in [1.54, 1.807) is 0 Å². The second-order valence-corrected chi connectivity index (χ2v) is 13.8. The van der Waals surface area contributed by atoms with Crippen LogP contribution in [-0.2, 0) is 0 Å². The molecule has 0 fully saturated rings. The Hall–Kier alpha value is -7.10. The molecule has 0 spiro atoms. The van der Waals surface area contributed by atoms with Crippen molar-refractivity contribution in [3.63, 3.8) is 0 Å². The van der Waals surface area contributed by atoms with Gasteiger partial charge in [-0.3, -0.25) is 4.98 Å². The minimum atomic E-state index is 0.873. The van der Waals surface area contributed by atoms with Gasteiger partial charge in [0.2, 0.25) is 0 Å². The molecular weight excluding hydrogens is 643 g/mol. The predicted molar refractivity (Wildman–Crippen MR) is 222 cm³/mol. The Kier molecular flexibility index (Phi) is 6.55. The van der Waals surface area contributed by atoms with Crippen molar-refractivity contribution in [3.8, 4) is 50.5 Å². The van der Waals surface area contributed by atoms with E-state index in [4.69, 9.17) is 4.98 Å². The number of nitrogens with zero attached hydrogens (tertiary/aromatic N) is 3. The fraction of sp³-hybridized carbons (Fsp3) is 0. The van der Waals surface area contributed by atoms with Gasteiger partial charge in [-0.05, 0) is 103 Å². The summed E-state index contributed by atoms with van der Waals surface area (Å²) in [6.45, 7) is 0. The summed E-state index contributed by atoms with van der Waals surface area (Å²) in [6.07, 6.45) is 1.87. The van der Waals surface area contributed by atoms with Crippen LogP contribution in [-0.4, -0.2) is 14.5 Å². The predicted octanol–water partition coefficient (Wildman–Crippen LogP) is 13.1. The van der Waals surface area contributed by atoms with Gasteiger partial charge in [0.15, 0.2) is 0 Å². The second-order valence-electron chi connectivity index (χ2n) is 13.8. The highest BCUT2D eigenvalue weighted by molar-refractivity contribution is 6.28. The lowest BCUT2D eigenvalue weighted by Crippen LogP contribution is -1.96. The Balaban J connectivity index is 1.07. The molecule has 0 N–H and O–H groups in total. The molecule has 0 aliphatic rings. The van der Waals surface area contributed by atoms with Crippen LogP contribution in [0, 0.1) is 0 Å². The molecule has 246 valence electrons. The minimum Gasteiger partial charge on any atom is -0.309 e. The molecule has 0 bridgehead atoms. The van der Waals surface area contributed by atoms with Crippen LogP contribution in [0.3, 0.4) is 0 Å². The third-order valence-corrected chi connectivity index (χ3v) is 10.8. The van der Waals surface area contributed by atoms with Gasteiger partial charge in [0, 0.05) is 16.6 Å². The third-order valence-electron chi connectivity index (χ3n) is 10.8. The van der Waals surface area contributed by atoms with E-state index in [-0.39, 0.29) is 0 Å². The molecule has 0 saturated carbocycles. The van der Waals surface area contributed by atoms with E-state index in [1.807, 2.05) is 30.5 Å². The molecule has 9 aromatic carbocycles. The number of benzene rings is 9. The Labute approximate surface area is 306 Å². The zero-order valence-corrected chi connectivity index (χ0v) is 28.7. The average Bonchev–Trinajstić information content (AvgIpc) is 3.63. The highest BCUT2D eigenvalue weighted by Crippen LogP contribution is 2.44. The Morgan fingerprint density at radius 2 is 0.981 bits per heavy atom. The normalized spacial score (nSPS) is 11.8. The fourth-order valence-electron chi connectivity index (χ4n) is 8.27. The van der Waals surface area contributed by atoms with E-state index in [1.165, 1.54) is 76.7 Å². The van der Waals surface area contributed by atoms with Crippen LogP contribution in [0.25, 0.3) is 105 Å². The molecule has 3 nitrogen and oxygen atoms in total. The fourth-order valence-corrected chi connectivity index (χ4v) is 8.27. The summed E-state index contributed by atoms with van der Waals surface area (Å²) in [6, 6.07) is 65.7. The van der Waals surface area contributed by atoms with E-state index in [0.717, 1.165) is 28.0 Å². The van der Waals surface area contributed by atoms with Gasteiger partial charge in [-0.15, -0.1) is 0 Å². The maximum atomic E-state index is 4.91. The van der Waals surface area contributed by atoms with Gasteiger partial charge in [0.05, 0.1) is 34.1 Å². The van der Waals surface area contributed by atoms with Crippen molar-refractivity contribution in [2.45, 2.75) is 0 Å². The van der Waals surface area contributed by atoms with E-state index >= 15 is 0 Å². The summed E-state index contributed by atoms with van der Waals surface area (Å²) < 4.78 is 2.37. The lowest BCUT2D eigenvalue weighted by Gasteiger charge is -2.18. The van der Waals surface area contributed by atoms with Crippen LogP contribution in [0.15, 0.2) is 188 Å². The molecule has 2 heterocycles. The van der Waals surface area contributed by atoms with Crippen molar-refractivity contribution in [1.29, 1.82) is 0 Å². The van der Waals surface area contributed by atoms with Crippen LogP contribution < -0.4 is 0 Å². The zero-order valence-electron chi connectivity index (χ0n) is 28.7. The number of rotatable bonds is 5. The number of fused-ring (bicyclic) bond motifs is 2. The zero-order chi connectivity index (χ0) is 34.9. The van der Waals surface area contributed by atoms with Gasteiger partial charge in [0.1, 0.15) is 0 Å². The van der Waals surface area contributed by atoms with Gasteiger partial charge in [-0.2, -0.15) is 0 Å². The van der Waals surface area contributed by atoms with Gasteiger partial charge < -0.3 is 4.57 Å². The highest BCUT2D eigenvalue weighted by atomic mass is 15.0. The monoisotopic (exact) mass is 673 g/mol. The van der Waals surface area contributed by atoms with Crippen molar-refractivity contribution < 1.29 is 0 Å². The van der Waals surface area contributed by atoms with Gasteiger partial charge in [-0.25, -0.2) is 4.98 Å². The van der Waals surface area contributed by atoms with Crippen LogP contribution in [0.5, 0.6) is 0 Å². The first-order chi connectivity index (χ1) is 26.3. The van der Waals surface area contributed by atoms with Crippen molar-refractivity contribution >= 4 is 54.3 Å². The topological polar surface area (TPSA) is 30.7 Å². The summed E-state index contributed by atoms with van der Waals surface area (Å²) in [4.78, 5) is 9.57. The molecule has 0 aliphatic carbocycles. The number of para-hydroxylation sites is 4. The maximum absolute atomic E-state index is 4.91. The van der Waals surface area contributed by atoms with Crippen LogP contribution in [0.1, 0.15) is 0 Å². The molecule has 0 atom stereocenters. The minimum absolute atomic E-state index is 0.873. The Bertz CT molecular complexity index is 3120. The summed E-state index contributed by atoms with van der Waals surface area (Å²) >= 11 is 0. The third kappa shape index (κ3) is 4.75. The largest absolute Gasteiger partial charge is 0.309 e. The first-order valence-corrected chi connectivity index (χ1v) is 18.1. The molecule has 0 saturated heterocycles. The van der Waals surface area contributed by atoms with Crippen molar-refractivity contribution in [2.24, 2.45) is 0 Å². The molecule has 3 heteroatoms. The van der Waals surface area contributed by atoms with Gasteiger partial charge in [-0.1, -0.05) is 140 Å². The first kappa shape index (κ1) is 29.6. The second kappa shape index (κ2) is 11.7. The SMILES string of the molecule is c1ccc(-n2c(-c3ccc(-c4cc(-c5ccc(-c6cnc7ccccc7n6)cc5)c5ccc6cccc7ccc4c5c67)cc3)cc3ccccc32)cc1. The van der Waals surface area contributed by atoms with Crippen LogP contribution in [0.2, 0.25) is 0 Å². The van der Waals surface area contributed by atoms with Crippen molar-refractivity contribution in [1.82, 2.24) is 14.5 Å². The first-order valence-electron chi connectivity index (χ1n) is 18.1. The lowest BCUT2D eigenvalue weighted by atomic mass is 9.85. The molecule has 0 aliphatic heterocycles. The summed E-state index contributed by atoms with van der Waals surface area (Å²) in [5.74, 6) is 0. The maximum Gasteiger partial charge on any atom is 0.0894 e. The quantitative estimate of drug-likeness (QED) is 0.170. The summed E-state index contributed by atoms with van der Waals surface area (Å²) in [5, 5.41) is 8.91. The van der Waals surface area contributed by atoms with Crippen molar-refractivity contribution in [2.75, 3.05) is 0 Å². The van der Waals surface area contributed by atoms with E-state index in [9.17, 15) is 0 Å². The average molecular weight is 674 g/mol. The number of hydrogen-bond donors (Lipinski definition) is 0. The van der Waals surface area contributed by atoms with E-state index < -0.39 is 0 Å². The Morgan fingerprint density at radius 1 is 0.396 bits per heavy atom. The molecular formula is C50H31N3. The molecule has 2 aromatic heterocycles. The van der Waals surface area contributed by atoms with Crippen LogP contribution in [0.4, 0.5) is 0 Å². The molecule has 53 heavy (non-hydrogen) atoms. The van der Waals surface area contributed by atoms with E-state index in [0.29, 0.717) is 0 Å². The summed E-state index contributed by atoms with van der Waals surface area (Å²) in [5.41, 5.74) is 13.3. The number of aromatic nitrogens is 3. The lowest BCUT2D eigenvalue weighted by molar-refractivity contribution is 1.13. The molecule has 0 amide bonds. The Morgan fingerprint density at radius 3 is 1.70 bits per heavy atom.